The van der Waals surface area contributed by atoms with Crippen molar-refractivity contribution in [1.29, 1.82) is 0 Å². The number of carbonyl (C=O) groups is 1. The van der Waals surface area contributed by atoms with Gasteiger partial charge in [-0.2, -0.15) is 0 Å². The minimum absolute atomic E-state index is 0.0692. The molecular weight excluding hydrogens is 160 g/mol. The number of aliphatic carboxylic acids is 1. The van der Waals surface area contributed by atoms with Crippen LogP contribution < -0.4 is 0 Å². The van der Waals surface area contributed by atoms with Crippen LogP contribution >= 0.6 is 0 Å². The van der Waals surface area contributed by atoms with E-state index in [2.05, 4.69) is 0 Å². The van der Waals surface area contributed by atoms with E-state index in [1.54, 1.807) is 0 Å². The van der Waals surface area contributed by atoms with Gasteiger partial charge in [0.1, 0.15) is 0 Å². The van der Waals surface area contributed by atoms with E-state index in [4.69, 9.17) is 15.3 Å². The fraction of sp³-hybridized carbons (Fsp3) is 0.875. The van der Waals surface area contributed by atoms with Crippen LogP contribution in [-0.2, 0) is 4.79 Å². The molecule has 0 heterocycles. The molecule has 0 aromatic carbocycles. The zero-order valence-electron chi connectivity index (χ0n) is 7.45. The van der Waals surface area contributed by atoms with Crippen LogP contribution in [-0.4, -0.2) is 27.6 Å². The summed E-state index contributed by atoms with van der Waals surface area (Å²) in [5, 5.41) is 25.7. The van der Waals surface area contributed by atoms with Crippen molar-refractivity contribution in [1.82, 2.24) is 0 Å². The van der Waals surface area contributed by atoms with E-state index in [1.165, 1.54) is 0 Å². The van der Waals surface area contributed by atoms with Crippen LogP contribution in [0.2, 0.25) is 0 Å². The van der Waals surface area contributed by atoms with Crippen molar-refractivity contribution in [2.45, 2.75) is 39.4 Å². The van der Waals surface area contributed by atoms with Gasteiger partial charge in [-0.3, -0.25) is 4.79 Å². The van der Waals surface area contributed by atoms with Crippen molar-refractivity contribution in [2.24, 2.45) is 5.41 Å². The van der Waals surface area contributed by atoms with E-state index in [0.717, 1.165) is 0 Å². The summed E-state index contributed by atoms with van der Waals surface area (Å²) in [4.78, 5) is 10.2. The van der Waals surface area contributed by atoms with Gasteiger partial charge in [-0.15, -0.1) is 0 Å². The Morgan fingerprint density at radius 3 is 2.25 bits per heavy atom. The highest BCUT2D eigenvalue weighted by Crippen LogP contribution is 2.27. The minimum Gasteiger partial charge on any atom is -0.481 e. The van der Waals surface area contributed by atoms with Crippen molar-refractivity contribution in [3.63, 3.8) is 0 Å². The van der Waals surface area contributed by atoms with Crippen LogP contribution in [0, 0.1) is 5.41 Å². The molecule has 72 valence electrons. The molecule has 12 heavy (non-hydrogen) atoms. The number of carboxylic acid groups (broad SMARTS) is 1. The molecule has 0 unspecified atom stereocenters. The first-order valence-corrected chi connectivity index (χ1v) is 3.91. The van der Waals surface area contributed by atoms with Gasteiger partial charge in [-0.1, -0.05) is 13.8 Å². The molecule has 4 heteroatoms. The second kappa shape index (κ2) is 4.42. The highest BCUT2D eigenvalue weighted by atomic mass is 16.5. The lowest BCUT2D eigenvalue weighted by atomic mass is 9.84. The molecule has 0 aliphatic carbocycles. The highest BCUT2D eigenvalue weighted by molar-refractivity contribution is 5.66. The summed E-state index contributed by atoms with van der Waals surface area (Å²) in [5.41, 5.74) is -0.327. The van der Waals surface area contributed by atoms with E-state index in [0.29, 0.717) is 6.42 Å². The Labute approximate surface area is 71.8 Å². The number of hydrogen-bond donors (Lipinski definition) is 3. The molecule has 0 aromatic rings. The highest BCUT2D eigenvalue weighted by Gasteiger charge is 2.21. The number of hydrogen-bond acceptors (Lipinski definition) is 3. The molecule has 0 spiro atoms. The fourth-order valence-electron chi connectivity index (χ4n) is 1.04. The monoisotopic (exact) mass is 176 g/mol. The molecule has 0 atom stereocenters. The van der Waals surface area contributed by atoms with Crippen molar-refractivity contribution >= 4 is 5.97 Å². The van der Waals surface area contributed by atoms with Crippen LogP contribution in [0.4, 0.5) is 0 Å². The lowest BCUT2D eigenvalue weighted by molar-refractivity contribution is -0.138. The Morgan fingerprint density at radius 1 is 1.42 bits per heavy atom. The molecule has 4 nitrogen and oxygen atoms in total. The van der Waals surface area contributed by atoms with E-state index < -0.39 is 12.3 Å². The SMILES string of the molecule is CC(C)(CCC(=O)O)CC(O)O. The van der Waals surface area contributed by atoms with E-state index in [9.17, 15) is 4.79 Å². The molecule has 0 saturated carbocycles. The van der Waals surface area contributed by atoms with Crippen molar-refractivity contribution in [2.75, 3.05) is 0 Å². The van der Waals surface area contributed by atoms with Crippen molar-refractivity contribution in [3.05, 3.63) is 0 Å². The van der Waals surface area contributed by atoms with Gasteiger partial charge in [-0.25, -0.2) is 0 Å². The minimum atomic E-state index is -1.35. The third kappa shape index (κ3) is 6.12. The first kappa shape index (κ1) is 11.4. The van der Waals surface area contributed by atoms with Gasteiger partial charge in [0, 0.05) is 12.8 Å². The van der Waals surface area contributed by atoms with E-state index >= 15 is 0 Å². The average molecular weight is 176 g/mol. The summed E-state index contributed by atoms with van der Waals surface area (Å²) in [6.07, 6.45) is -0.617. The second-order valence-corrected chi connectivity index (χ2v) is 3.74. The van der Waals surface area contributed by atoms with Gasteiger partial charge in [-0.05, 0) is 11.8 Å². The Bertz CT molecular complexity index is 151. The standard InChI is InChI=1S/C8H16O4/c1-8(2,5-7(11)12)4-3-6(9)10/h7,11-12H,3-5H2,1-2H3,(H,9,10). The van der Waals surface area contributed by atoms with E-state index in [-0.39, 0.29) is 18.3 Å². The topological polar surface area (TPSA) is 77.8 Å². The predicted molar refractivity (Wildman–Crippen MR) is 43.5 cm³/mol. The Morgan fingerprint density at radius 2 is 1.92 bits per heavy atom. The Hall–Kier alpha value is -0.610. The first-order valence-electron chi connectivity index (χ1n) is 3.91. The quantitative estimate of drug-likeness (QED) is 0.535. The summed E-state index contributed by atoms with van der Waals surface area (Å²) >= 11 is 0. The average Bonchev–Trinajstić information content (AvgIpc) is 1.81. The third-order valence-electron chi connectivity index (χ3n) is 1.75. The molecular formula is C8H16O4. The Kier molecular flexibility index (Phi) is 4.20. The van der Waals surface area contributed by atoms with Crippen molar-refractivity contribution in [3.8, 4) is 0 Å². The summed E-state index contributed by atoms with van der Waals surface area (Å²) in [6.45, 7) is 3.63. The van der Waals surface area contributed by atoms with E-state index in [1.807, 2.05) is 13.8 Å². The lowest BCUT2D eigenvalue weighted by Gasteiger charge is -2.24. The zero-order chi connectivity index (χ0) is 9.78. The number of carboxylic acids is 1. The molecule has 0 aliphatic heterocycles. The van der Waals surface area contributed by atoms with Gasteiger partial charge in [0.25, 0.3) is 0 Å². The van der Waals surface area contributed by atoms with Crippen LogP contribution in [0.5, 0.6) is 0 Å². The van der Waals surface area contributed by atoms with Crippen LogP contribution in [0.1, 0.15) is 33.1 Å². The normalized spacial score (nSPS) is 12.1. The fourth-order valence-corrected chi connectivity index (χ4v) is 1.04. The van der Waals surface area contributed by atoms with Gasteiger partial charge >= 0.3 is 5.97 Å². The van der Waals surface area contributed by atoms with Gasteiger partial charge < -0.3 is 15.3 Å². The smallest absolute Gasteiger partial charge is 0.303 e. The van der Waals surface area contributed by atoms with Gasteiger partial charge in [0.2, 0.25) is 0 Å². The Balaban J connectivity index is 3.78. The van der Waals surface area contributed by atoms with Crippen LogP contribution in [0.25, 0.3) is 0 Å². The molecule has 0 saturated heterocycles. The summed E-state index contributed by atoms with van der Waals surface area (Å²) < 4.78 is 0. The first-order chi connectivity index (χ1) is 5.33. The second-order valence-electron chi connectivity index (χ2n) is 3.74. The summed E-state index contributed by atoms with van der Waals surface area (Å²) in [5.74, 6) is -0.851. The lowest BCUT2D eigenvalue weighted by Crippen LogP contribution is -2.21. The molecule has 0 amide bonds. The van der Waals surface area contributed by atoms with Gasteiger partial charge in [0.15, 0.2) is 6.29 Å². The molecule has 0 aliphatic rings. The maximum atomic E-state index is 10.2. The molecule has 0 fully saturated rings. The number of aliphatic hydroxyl groups excluding tert-OH is 1. The number of rotatable bonds is 5. The van der Waals surface area contributed by atoms with Crippen molar-refractivity contribution < 1.29 is 20.1 Å². The number of aliphatic hydroxyl groups is 2. The van der Waals surface area contributed by atoms with Crippen LogP contribution in [0.3, 0.4) is 0 Å². The molecule has 0 bridgehead atoms. The molecule has 0 radical (unpaired) electrons. The summed E-state index contributed by atoms with van der Waals surface area (Å²) in [6, 6.07) is 0. The molecule has 0 aromatic heterocycles. The zero-order valence-corrected chi connectivity index (χ0v) is 7.45. The maximum absolute atomic E-state index is 10.2. The molecule has 0 rings (SSSR count). The molecule has 3 N–H and O–H groups in total. The largest absolute Gasteiger partial charge is 0.481 e. The summed E-state index contributed by atoms with van der Waals surface area (Å²) in [7, 11) is 0. The third-order valence-corrected chi connectivity index (χ3v) is 1.75. The predicted octanol–water partition coefficient (Wildman–Crippen LogP) is 0.578. The maximum Gasteiger partial charge on any atom is 0.303 e. The van der Waals surface area contributed by atoms with Crippen LogP contribution in [0.15, 0.2) is 0 Å². The van der Waals surface area contributed by atoms with Gasteiger partial charge in [0.05, 0.1) is 0 Å².